The standard InChI is InChI=1S/C12H16O2/c1-7(13)14-12-6-8-5-11(12)10-4-2-3-9(8)10/h2,4,8-12H,3,5-6H2,1H3/t8-,9-,10+,11+,12-/m1/s1. The van der Waals surface area contributed by atoms with Gasteiger partial charge in [-0.15, -0.1) is 0 Å². The average molecular weight is 192 g/mol. The van der Waals surface area contributed by atoms with E-state index in [2.05, 4.69) is 12.2 Å². The van der Waals surface area contributed by atoms with Crippen molar-refractivity contribution in [3.63, 3.8) is 0 Å². The molecule has 0 amide bonds. The quantitative estimate of drug-likeness (QED) is 0.470. The first-order valence-corrected chi connectivity index (χ1v) is 5.59. The lowest BCUT2D eigenvalue weighted by atomic mass is 9.80. The zero-order valence-corrected chi connectivity index (χ0v) is 8.48. The minimum atomic E-state index is -0.110. The molecule has 0 unspecified atom stereocenters. The third kappa shape index (κ3) is 1.06. The summed E-state index contributed by atoms with van der Waals surface area (Å²) in [4.78, 5) is 10.9. The highest BCUT2D eigenvalue weighted by atomic mass is 16.5. The summed E-state index contributed by atoms with van der Waals surface area (Å²) in [6.45, 7) is 1.52. The molecule has 3 aliphatic carbocycles. The van der Waals surface area contributed by atoms with Crippen LogP contribution in [0.15, 0.2) is 12.2 Å². The van der Waals surface area contributed by atoms with Crippen molar-refractivity contribution < 1.29 is 9.53 Å². The Balaban J connectivity index is 1.76. The van der Waals surface area contributed by atoms with Gasteiger partial charge in [0.05, 0.1) is 0 Å². The summed E-state index contributed by atoms with van der Waals surface area (Å²) in [5.74, 6) is 2.95. The maximum absolute atomic E-state index is 10.9. The number of hydrogen-bond donors (Lipinski definition) is 0. The minimum Gasteiger partial charge on any atom is -0.462 e. The molecule has 0 radical (unpaired) electrons. The molecule has 2 heteroatoms. The van der Waals surface area contributed by atoms with Crippen molar-refractivity contribution in [2.24, 2.45) is 23.7 Å². The number of carbonyl (C=O) groups excluding carboxylic acids is 1. The van der Waals surface area contributed by atoms with Gasteiger partial charge in [-0.1, -0.05) is 12.2 Å². The molecule has 0 aliphatic heterocycles. The van der Waals surface area contributed by atoms with E-state index in [-0.39, 0.29) is 12.1 Å². The number of hydrogen-bond acceptors (Lipinski definition) is 2. The van der Waals surface area contributed by atoms with Gasteiger partial charge in [-0.05, 0) is 37.0 Å². The maximum atomic E-state index is 10.9. The van der Waals surface area contributed by atoms with E-state index in [9.17, 15) is 4.79 Å². The topological polar surface area (TPSA) is 26.3 Å². The summed E-state index contributed by atoms with van der Waals surface area (Å²) in [6, 6.07) is 0. The monoisotopic (exact) mass is 192 g/mol. The van der Waals surface area contributed by atoms with Crippen LogP contribution in [0.2, 0.25) is 0 Å². The second-order valence-electron chi connectivity index (χ2n) is 4.95. The lowest BCUT2D eigenvalue weighted by Gasteiger charge is -2.30. The third-order valence-corrected chi connectivity index (χ3v) is 4.27. The van der Waals surface area contributed by atoms with E-state index in [0.29, 0.717) is 5.92 Å². The van der Waals surface area contributed by atoms with Crippen LogP contribution in [-0.4, -0.2) is 12.1 Å². The van der Waals surface area contributed by atoms with Gasteiger partial charge in [0.2, 0.25) is 0 Å². The van der Waals surface area contributed by atoms with Crippen molar-refractivity contribution in [3.8, 4) is 0 Å². The number of allylic oxidation sites excluding steroid dienone is 2. The Kier molecular flexibility index (Phi) is 1.73. The number of ether oxygens (including phenoxy) is 1. The average Bonchev–Trinajstić information content (AvgIpc) is 2.68. The van der Waals surface area contributed by atoms with Crippen molar-refractivity contribution in [1.29, 1.82) is 0 Å². The lowest BCUT2D eigenvalue weighted by Crippen LogP contribution is -2.31. The number of carbonyl (C=O) groups is 1. The predicted octanol–water partition coefficient (Wildman–Crippen LogP) is 2.15. The normalized spacial score (nSPS) is 48.2. The Morgan fingerprint density at radius 2 is 2.21 bits per heavy atom. The Labute approximate surface area is 84.3 Å². The molecule has 5 atom stereocenters. The van der Waals surface area contributed by atoms with Crippen molar-refractivity contribution >= 4 is 5.97 Å². The van der Waals surface area contributed by atoms with Crippen LogP contribution in [0.25, 0.3) is 0 Å². The van der Waals surface area contributed by atoms with Crippen LogP contribution in [0.5, 0.6) is 0 Å². The Morgan fingerprint density at radius 1 is 1.36 bits per heavy atom. The lowest BCUT2D eigenvalue weighted by molar-refractivity contribution is -0.149. The molecule has 0 heterocycles. The fourth-order valence-electron chi connectivity index (χ4n) is 3.83. The van der Waals surface area contributed by atoms with Crippen LogP contribution in [0.3, 0.4) is 0 Å². The summed E-state index contributed by atoms with van der Waals surface area (Å²) in [5.41, 5.74) is 0. The van der Waals surface area contributed by atoms with Crippen molar-refractivity contribution in [3.05, 3.63) is 12.2 Å². The molecule has 0 saturated heterocycles. The molecule has 76 valence electrons. The van der Waals surface area contributed by atoms with Crippen LogP contribution in [0, 0.1) is 23.7 Å². The van der Waals surface area contributed by atoms with E-state index < -0.39 is 0 Å². The molecule has 3 aliphatic rings. The largest absolute Gasteiger partial charge is 0.462 e. The first kappa shape index (κ1) is 8.51. The van der Waals surface area contributed by atoms with Gasteiger partial charge in [0.1, 0.15) is 6.10 Å². The van der Waals surface area contributed by atoms with Gasteiger partial charge in [0, 0.05) is 12.8 Å². The van der Waals surface area contributed by atoms with Gasteiger partial charge in [0.25, 0.3) is 0 Å². The Bertz CT molecular complexity index is 295. The maximum Gasteiger partial charge on any atom is 0.302 e. The summed E-state index contributed by atoms with van der Waals surface area (Å²) in [6.07, 6.45) is 8.56. The Morgan fingerprint density at radius 3 is 3.00 bits per heavy atom. The van der Waals surface area contributed by atoms with E-state index in [0.717, 1.165) is 24.2 Å². The van der Waals surface area contributed by atoms with E-state index >= 15 is 0 Å². The van der Waals surface area contributed by atoms with Crippen molar-refractivity contribution in [1.82, 2.24) is 0 Å². The number of rotatable bonds is 1. The highest BCUT2D eigenvalue weighted by Crippen LogP contribution is 2.57. The smallest absolute Gasteiger partial charge is 0.302 e. The number of fused-ring (bicyclic) bond motifs is 5. The SMILES string of the molecule is CC(=O)O[C@@H]1C[C@H]2C[C@H]1[C@H]1C=CC[C@H]21. The molecule has 2 bridgehead atoms. The van der Waals surface area contributed by atoms with Crippen LogP contribution in [0.4, 0.5) is 0 Å². The van der Waals surface area contributed by atoms with Gasteiger partial charge in [-0.2, -0.15) is 0 Å². The summed E-state index contributed by atoms with van der Waals surface area (Å²) < 4.78 is 5.38. The molecule has 2 fully saturated rings. The molecule has 3 rings (SSSR count). The van der Waals surface area contributed by atoms with E-state index in [1.54, 1.807) is 0 Å². The number of esters is 1. The zero-order chi connectivity index (χ0) is 9.71. The molecule has 0 aromatic heterocycles. The van der Waals surface area contributed by atoms with Crippen LogP contribution < -0.4 is 0 Å². The first-order chi connectivity index (χ1) is 6.75. The second kappa shape index (κ2) is 2.85. The van der Waals surface area contributed by atoms with Gasteiger partial charge in [0.15, 0.2) is 0 Å². The first-order valence-electron chi connectivity index (χ1n) is 5.59. The summed E-state index contributed by atoms with van der Waals surface area (Å²) >= 11 is 0. The zero-order valence-electron chi connectivity index (χ0n) is 8.48. The van der Waals surface area contributed by atoms with Gasteiger partial charge in [-0.3, -0.25) is 4.79 Å². The van der Waals surface area contributed by atoms with Crippen molar-refractivity contribution in [2.45, 2.75) is 32.3 Å². The third-order valence-electron chi connectivity index (χ3n) is 4.27. The molecule has 2 saturated carbocycles. The van der Waals surface area contributed by atoms with E-state index in [1.165, 1.54) is 19.8 Å². The van der Waals surface area contributed by atoms with Crippen LogP contribution in [-0.2, 0) is 9.53 Å². The Hall–Kier alpha value is -0.790. The van der Waals surface area contributed by atoms with Gasteiger partial charge < -0.3 is 4.74 Å². The minimum absolute atomic E-state index is 0.110. The van der Waals surface area contributed by atoms with Crippen molar-refractivity contribution in [2.75, 3.05) is 0 Å². The fraction of sp³-hybridized carbons (Fsp3) is 0.750. The molecule has 0 aromatic carbocycles. The molecule has 2 nitrogen and oxygen atoms in total. The predicted molar refractivity (Wildman–Crippen MR) is 52.5 cm³/mol. The van der Waals surface area contributed by atoms with Gasteiger partial charge in [-0.25, -0.2) is 0 Å². The second-order valence-corrected chi connectivity index (χ2v) is 4.95. The van der Waals surface area contributed by atoms with E-state index in [1.807, 2.05) is 0 Å². The summed E-state index contributed by atoms with van der Waals surface area (Å²) in [5, 5.41) is 0. The molecular weight excluding hydrogens is 176 g/mol. The van der Waals surface area contributed by atoms with Gasteiger partial charge >= 0.3 is 5.97 Å². The van der Waals surface area contributed by atoms with E-state index in [4.69, 9.17) is 4.74 Å². The molecule has 0 N–H and O–H groups in total. The highest BCUT2D eigenvalue weighted by Gasteiger charge is 2.53. The summed E-state index contributed by atoms with van der Waals surface area (Å²) in [7, 11) is 0. The van der Waals surface area contributed by atoms with Crippen LogP contribution in [0.1, 0.15) is 26.2 Å². The molecular formula is C12H16O2. The molecule has 0 aromatic rings. The highest BCUT2D eigenvalue weighted by molar-refractivity contribution is 5.66. The van der Waals surface area contributed by atoms with Crippen LogP contribution >= 0.6 is 0 Å². The molecule has 0 spiro atoms. The molecule has 14 heavy (non-hydrogen) atoms. The fourth-order valence-corrected chi connectivity index (χ4v) is 3.83.